The molecule has 0 bridgehead atoms. The summed E-state index contributed by atoms with van der Waals surface area (Å²) in [4.78, 5) is -0.0316. The highest BCUT2D eigenvalue weighted by Gasteiger charge is 2.49. The fraction of sp³-hybridized carbons (Fsp3) is 0.478. The van der Waals surface area contributed by atoms with Gasteiger partial charge in [0.15, 0.2) is 20.0 Å². The van der Waals surface area contributed by atoms with E-state index in [2.05, 4.69) is 33.9 Å². The van der Waals surface area contributed by atoms with Gasteiger partial charge in [-0.2, -0.15) is 4.31 Å². The van der Waals surface area contributed by atoms with Crippen molar-refractivity contribution in [1.29, 1.82) is 0 Å². The van der Waals surface area contributed by atoms with E-state index in [9.17, 15) is 17.2 Å². The summed E-state index contributed by atoms with van der Waals surface area (Å²) in [5.74, 6) is -2.01. The highest BCUT2D eigenvalue weighted by Crippen LogP contribution is 2.40. The lowest BCUT2D eigenvalue weighted by atomic mass is 9.93. The van der Waals surface area contributed by atoms with Gasteiger partial charge in [0.2, 0.25) is 10.0 Å². The predicted octanol–water partition coefficient (Wildman–Crippen LogP) is 6.36. The third kappa shape index (κ3) is 5.76. The number of rotatable bonds is 8. The molecule has 0 radical (unpaired) electrons. The molecule has 0 aliphatic carbocycles. The lowest BCUT2D eigenvalue weighted by Gasteiger charge is -2.48. The van der Waals surface area contributed by atoms with Crippen LogP contribution in [0.4, 0.5) is 8.78 Å². The van der Waals surface area contributed by atoms with Crippen molar-refractivity contribution in [3.63, 3.8) is 0 Å². The average molecular weight is 553 g/mol. The van der Waals surface area contributed by atoms with E-state index >= 15 is 0 Å². The fourth-order valence-electron chi connectivity index (χ4n) is 3.34. The van der Waals surface area contributed by atoms with E-state index < -0.39 is 36.0 Å². The van der Waals surface area contributed by atoms with Crippen molar-refractivity contribution in [2.45, 2.75) is 49.8 Å². The van der Waals surface area contributed by atoms with Gasteiger partial charge in [-0.05, 0) is 48.5 Å². The summed E-state index contributed by atoms with van der Waals surface area (Å²) in [6, 6.07) is 7.04. The quantitative estimate of drug-likeness (QED) is 0.358. The van der Waals surface area contributed by atoms with Crippen molar-refractivity contribution in [3.8, 4) is 5.75 Å². The minimum absolute atomic E-state index is 0.0316. The van der Waals surface area contributed by atoms with Crippen LogP contribution in [0.3, 0.4) is 0 Å². The maximum absolute atomic E-state index is 13.5. The Morgan fingerprint density at radius 3 is 2.32 bits per heavy atom. The van der Waals surface area contributed by atoms with Crippen LogP contribution >= 0.6 is 23.2 Å². The topological polar surface area (TPSA) is 55.8 Å². The highest BCUT2D eigenvalue weighted by atomic mass is 35.5. The predicted molar refractivity (Wildman–Crippen MR) is 133 cm³/mol. The third-order valence-corrected chi connectivity index (χ3v) is 13.7. The number of hydrogen-bond donors (Lipinski definition) is 0. The molecule has 0 amide bonds. The van der Waals surface area contributed by atoms with Crippen LogP contribution in [-0.4, -0.2) is 46.8 Å². The molecule has 11 heteroatoms. The second-order valence-electron chi connectivity index (χ2n) is 9.94. The number of ether oxygens (including phenoxy) is 1. The molecule has 5 nitrogen and oxygen atoms in total. The smallest absolute Gasteiger partial charge is 0.244 e. The van der Waals surface area contributed by atoms with Crippen LogP contribution in [0.1, 0.15) is 20.8 Å². The Hall–Kier alpha value is -1.23. The monoisotopic (exact) mass is 551 g/mol. The van der Waals surface area contributed by atoms with Crippen molar-refractivity contribution < 1.29 is 26.4 Å². The van der Waals surface area contributed by atoms with E-state index in [0.717, 1.165) is 12.1 Å². The van der Waals surface area contributed by atoms with Crippen LogP contribution in [0, 0.1) is 17.6 Å². The Morgan fingerprint density at radius 1 is 1.06 bits per heavy atom. The molecule has 2 unspecified atom stereocenters. The number of hydrogen-bond acceptors (Lipinski definition) is 4. The summed E-state index contributed by atoms with van der Waals surface area (Å²) >= 11 is 12.1. The van der Waals surface area contributed by atoms with Crippen molar-refractivity contribution in [2.24, 2.45) is 5.92 Å². The van der Waals surface area contributed by atoms with E-state index in [1.165, 1.54) is 28.6 Å². The standard InChI is InChI=1S/C23H29Cl2F2NO4SSi/c1-23(2,3)34(4,5)32-14-21-15(13-31-17-7-8-19(26)20(27)11-17)12-28(21)33(29,30)22-9-6-16(24)10-18(22)25/h6-11,15,21H,12-14H2,1-5H3. The molecule has 2 aromatic rings. The van der Waals surface area contributed by atoms with E-state index in [4.69, 9.17) is 32.4 Å². The lowest BCUT2D eigenvalue weighted by Crippen LogP contribution is -2.63. The first kappa shape index (κ1) is 27.4. The lowest BCUT2D eigenvalue weighted by molar-refractivity contribution is 0.0225. The maximum atomic E-state index is 13.5. The molecule has 1 fully saturated rings. The van der Waals surface area contributed by atoms with Gasteiger partial charge in [0.1, 0.15) is 10.6 Å². The van der Waals surface area contributed by atoms with Gasteiger partial charge in [-0.3, -0.25) is 0 Å². The molecule has 1 saturated heterocycles. The molecular weight excluding hydrogens is 523 g/mol. The minimum atomic E-state index is -3.92. The SMILES string of the molecule is CC(C)(C)[Si](C)(C)OCC1C(COc2ccc(F)c(F)c2)CN1S(=O)(=O)c1ccc(Cl)cc1Cl. The summed E-state index contributed by atoms with van der Waals surface area (Å²) in [5, 5.41) is 0.318. The Labute approximate surface area is 211 Å². The van der Waals surface area contributed by atoms with E-state index in [0.29, 0.717) is 5.02 Å². The first-order valence-electron chi connectivity index (χ1n) is 10.8. The molecule has 2 atom stereocenters. The second-order valence-corrected chi connectivity index (χ2v) is 17.4. The molecular formula is C23H29Cl2F2NO4SSi. The summed E-state index contributed by atoms with van der Waals surface area (Å²) in [7, 11) is -6.08. The third-order valence-electron chi connectivity index (χ3n) is 6.59. The van der Waals surface area contributed by atoms with Crippen LogP contribution in [-0.2, 0) is 14.4 Å². The van der Waals surface area contributed by atoms with Gasteiger partial charge in [-0.15, -0.1) is 0 Å². The largest absolute Gasteiger partial charge is 0.493 e. The summed E-state index contributed by atoms with van der Waals surface area (Å²) in [6.07, 6.45) is 0. The fourth-order valence-corrected chi connectivity index (χ4v) is 6.83. The maximum Gasteiger partial charge on any atom is 0.244 e. The van der Waals surface area contributed by atoms with Gasteiger partial charge in [-0.25, -0.2) is 17.2 Å². The number of nitrogens with zero attached hydrogens (tertiary/aromatic N) is 1. The first-order valence-corrected chi connectivity index (χ1v) is 15.9. The second kappa shape index (κ2) is 10.0. The first-order chi connectivity index (χ1) is 15.6. The van der Waals surface area contributed by atoms with E-state index in [-0.39, 0.29) is 46.4 Å². The Kier molecular flexibility index (Phi) is 8.07. The number of halogens is 4. The molecule has 3 rings (SSSR count). The zero-order valence-electron chi connectivity index (χ0n) is 19.7. The van der Waals surface area contributed by atoms with Crippen molar-refractivity contribution >= 4 is 41.5 Å². The Bertz CT molecular complexity index is 1160. The molecule has 0 N–H and O–H groups in total. The highest BCUT2D eigenvalue weighted by molar-refractivity contribution is 7.89. The van der Waals surface area contributed by atoms with E-state index in [1.807, 2.05) is 0 Å². The molecule has 1 aliphatic heterocycles. The molecule has 0 spiro atoms. The molecule has 0 saturated carbocycles. The van der Waals surface area contributed by atoms with Gasteiger partial charge >= 0.3 is 0 Å². The molecule has 188 valence electrons. The van der Waals surface area contributed by atoms with Crippen molar-refractivity contribution in [3.05, 3.63) is 58.1 Å². The van der Waals surface area contributed by atoms with Crippen LogP contribution < -0.4 is 4.74 Å². The zero-order chi connectivity index (χ0) is 25.5. The van der Waals surface area contributed by atoms with Crippen LogP contribution in [0.25, 0.3) is 0 Å². The van der Waals surface area contributed by atoms with Gasteiger partial charge < -0.3 is 9.16 Å². The summed E-state index contributed by atoms with van der Waals surface area (Å²) in [6.45, 7) is 11.0. The molecule has 34 heavy (non-hydrogen) atoms. The molecule has 1 heterocycles. The molecule has 1 aliphatic rings. The van der Waals surface area contributed by atoms with Crippen LogP contribution in [0.5, 0.6) is 5.75 Å². The number of benzene rings is 2. The molecule has 2 aromatic carbocycles. The van der Waals surface area contributed by atoms with Crippen molar-refractivity contribution in [1.82, 2.24) is 4.31 Å². The number of sulfonamides is 1. The summed E-state index contributed by atoms with van der Waals surface area (Å²) < 4.78 is 66.9. The van der Waals surface area contributed by atoms with E-state index in [1.54, 1.807) is 0 Å². The van der Waals surface area contributed by atoms with Gasteiger partial charge in [0.05, 0.1) is 24.3 Å². The van der Waals surface area contributed by atoms with Gasteiger partial charge in [-0.1, -0.05) is 44.0 Å². The Balaban J connectivity index is 1.82. The van der Waals surface area contributed by atoms with Gasteiger partial charge in [0.25, 0.3) is 0 Å². The summed E-state index contributed by atoms with van der Waals surface area (Å²) in [5.41, 5.74) is 0. The molecule has 0 aromatic heterocycles. The minimum Gasteiger partial charge on any atom is -0.493 e. The van der Waals surface area contributed by atoms with Crippen molar-refractivity contribution in [2.75, 3.05) is 19.8 Å². The van der Waals surface area contributed by atoms with Crippen LogP contribution in [0.15, 0.2) is 41.3 Å². The zero-order valence-corrected chi connectivity index (χ0v) is 23.1. The van der Waals surface area contributed by atoms with Crippen LogP contribution in [0.2, 0.25) is 28.2 Å². The normalized spacial score (nSPS) is 19.7. The Morgan fingerprint density at radius 2 is 1.74 bits per heavy atom. The average Bonchev–Trinajstić information content (AvgIpc) is 2.68. The van der Waals surface area contributed by atoms with Gasteiger partial charge in [0, 0.05) is 23.6 Å².